The lowest BCUT2D eigenvalue weighted by molar-refractivity contribution is -0.122. The maximum absolute atomic E-state index is 11.6. The third-order valence-electron chi connectivity index (χ3n) is 2.36. The predicted molar refractivity (Wildman–Crippen MR) is 76.6 cm³/mol. The fourth-order valence-electron chi connectivity index (χ4n) is 1.58. The van der Waals surface area contributed by atoms with Crippen molar-refractivity contribution in [3.8, 4) is 6.07 Å². The van der Waals surface area contributed by atoms with Gasteiger partial charge in [-0.15, -0.1) is 0 Å². The zero-order valence-corrected chi connectivity index (χ0v) is 11.6. The highest BCUT2D eigenvalue weighted by molar-refractivity contribution is 5.77. The lowest BCUT2D eigenvalue weighted by Gasteiger charge is -2.20. The number of hydrogen-bond donors (Lipinski definition) is 3. The second-order valence-electron chi connectivity index (χ2n) is 5.39. The van der Waals surface area contributed by atoms with Crippen LogP contribution in [-0.2, 0) is 4.79 Å². The molecule has 0 saturated carbocycles. The predicted octanol–water partition coefficient (Wildman–Crippen LogP) is 1.86. The molecule has 0 unspecified atom stereocenters. The molecule has 0 aromatic heterocycles. The van der Waals surface area contributed by atoms with Gasteiger partial charge in [-0.1, -0.05) is 0 Å². The number of carbonyl (C=O) groups is 1. The number of rotatable bonds is 4. The Hall–Kier alpha value is -2.22. The standard InChI is InChI=1S/C14H20N4O/c1-14(2,3)18-13(19)6-7-17-12-5-4-10(9-15)8-11(12)16/h4-5,8,17H,6-7,16H2,1-3H3,(H,18,19). The second-order valence-corrected chi connectivity index (χ2v) is 5.39. The molecule has 0 radical (unpaired) electrons. The first-order valence-corrected chi connectivity index (χ1v) is 6.16. The first kappa shape index (κ1) is 14.8. The van der Waals surface area contributed by atoms with Crippen molar-refractivity contribution in [1.82, 2.24) is 5.32 Å². The van der Waals surface area contributed by atoms with E-state index in [4.69, 9.17) is 11.0 Å². The molecule has 19 heavy (non-hydrogen) atoms. The molecular weight excluding hydrogens is 240 g/mol. The third-order valence-corrected chi connectivity index (χ3v) is 2.36. The number of anilines is 2. The number of nitrogens with two attached hydrogens (primary N) is 1. The summed E-state index contributed by atoms with van der Waals surface area (Å²) in [4.78, 5) is 11.6. The zero-order valence-electron chi connectivity index (χ0n) is 11.6. The Morgan fingerprint density at radius 1 is 1.42 bits per heavy atom. The molecule has 0 atom stereocenters. The van der Waals surface area contributed by atoms with Crippen molar-refractivity contribution in [3.63, 3.8) is 0 Å². The van der Waals surface area contributed by atoms with Crippen molar-refractivity contribution < 1.29 is 4.79 Å². The highest BCUT2D eigenvalue weighted by Crippen LogP contribution is 2.19. The van der Waals surface area contributed by atoms with Crippen molar-refractivity contribution in [2.24, 2.45) is 0 Å². The van der Waals surface area contributed by atoms with Crippen LogP contribution in [0.5, 0.6) is 0 Å². The summed E-state index contributed by atoms with van der Waals surface area (Å²) in [5.41, 5.74) is 7.35. The second kappa shape index (κ2) is 6.10. The molecule has 1 rings (SSSR count). The van der Waals surface area contributed by atoms with E-state index in [1.165, 1.54) is 0 Å². The molecule has 1 amide bonds. The fraction of sp³-hybridized carbons (Fsp3) is 0.429. The van der Waals surface area contributed by atoms with Crippen LogP contribution in [0, 0.1) is 11.3 Å². The summed E-state index contributed by atoms with van der Waals surface area (Å²) >= 11 is 0. The fourth-order valence-corrected chi connectivity index (χ4v) is 1.58. The summed E-state index contributed by atoms with van der Waals surface area (Å²) in [6.45, 7) is 6.32. The normalized spacial score (nSPS) is 10.6. The molecule has 0 spiro atoms. The number of nitrogens with one attached hydrogen (secondary N) is 2. The van der Waals surface area contributed by atoms with E-state index in [0.29, 0.717) is 24.2 Å². The van der Waals surface area contributed by atoms with Crippen LogP contribution in [0.25, 0.3) is 0 Å². The maximum Gasteiger partial charge on any atom is 0.222 e. The maximum atomic E-state index is 11.6. The monoisotopic (exact) mass is 260 g/mol. The molecule has 5 nitrogen and oxygen atoms in total. The van der Waals surface area contributed by atoms with Crippen LogP contribution in [0.4, 0.5) is 11.4 Å². The van der Waals surface area contributed by atoms with Gasteiger partial charge in [-0.25, -0.2) is 0 Å². The molecule has 0 aliphatic carbocycles. The molecule has 0 fully saturated rings. The van der Waals surface area contributed by atoms with Gasteiger partial charge in [0.15, 0.2) is 0 Å². The van der Waals surface area contributed by atoms with Crippen LogP contribution in [0.1, 0.15) is 32.8 Å². The Morgan fingerprint density at radius 3 is 2.63 bits per heavy atom. The van der Waals surface area contributed by atoms with Gasteiger partial charge in [-0.05, 0) is 39.0 Å². The zero-order chi connectivity index (χ0) is 14.5. The molecule has 4 N–H and O–H groups in total. The summed E-state index contributed by atoms with van der Waals surface area (Å²) in [6.07, 6.45) is 0.372. The Kier molecular flexibility index (Phi) is 4.76. The third kappa shape index (κ3) is 5.30. The van der Waals surface area contributed by atoms with Crippen molar-refractivity contribution in [1.29, 1.82) is 5.26 Å². The Balaban J connectivity index is 2.46. The highest BCUT2D eigenvalue weighted by Gasteiger charge is 2.13. The van der Waals surface area contributed by atoms with E-state index in [1.54, 1.807) is 18.2 Å². The topological polar surface area (TPSA) is 90.9 Å². The van der Waals surface area contributed by atoms with E-state index in [-0.39, 0.29) is 11.4 Å². The molecule has 0 aliphatic heterocycles. The average molecular weight is 260 g/mol. The minimum atomic E-state index is -0.218. The molecule has 0 heterocycles. The Labute approximate surface area is 113 Å². The molecule has 0 aliphatic rings. The summed E-state index contributed by atoms with van der Waals surface area (Å²) in [6, 6.07) is 7.07. The first-order chi connectivity index (χ1) is 8.81. The van der Waals surface area contributed by atoms with Crippen molar-refractivity contribution in [2.45, 2.75) is 32.7 Å². The first-order valence-electron chi connectivity index (χ1n) is 6.16. The van der Waals surface area contributed by atoms with E-state index in [1.807, 2.05) is 26.8 Å². The molecule has 1 aromatic carbocycles. The van der Waals surface area contributed by atoms with Crippen LogP contribution in [-0.4, -0.2) is 18.0 Å². The summed E-state index contributed by atoms with van der Waals surface area (Å²) in [5, 5.41) is 14.7. The lowest BCUT2D eigenvalue weighted by Crippen LogP contribution is -2.41. The van der Waals surface area contributed by atoms with Crippen LogP contribution >= 0.6 is 0 Å². The molecular formula is C14H20N4O. The van der Waals surface area contributed by atoms with Crippen LogP contribution in [0.2, 0.25) is 0 Å². The van der Waals surface area contributed by atoms with Gasteiger partial charge in [-0.3, -0.25) is 4.79 Å². The minimum Gasteiger partial charge on any atom is -0.397 e. The van der Waals surface area contributed by atoms with Crippen molar-refractivity contribution in [2.75, 3.05) is 17.6 Å². The van der Waals surface area contributed by atoms with Crippen LogP contribution < -0.4 is 16.4 Å². The number of nitrogens with zero attached hydrogens (tertiary/aromatic N) is 1. The van der Waals surface area contributed by atoms with Crippen LogP contribution in [0.3, 0.4) is 0 Å². The molecule has 0 bridgehead atoms. The highest BCUT2D eigenvalue weighted by atomic mass is 16.1. The summed E-state index contributed by atoms with van der Waals surface area (Å²) in [5.74, 6) is -0.00721. The number of benzene rings is 1. The lowest BCUT2D eigenvalue weighted by atomic mass is 10.1. The van der Waals surface area contributed by atoms with Gasteiger partial charge in [-0.2, -0.15) is 5.26 Å². The van der Waals surface area contributed by atoms with Gasteiger partial charge < -0.3 is 16.4 Å². The summed E-state index contributed by atoms with van der Waals surface area (Å²) in [7, 11) is 0. The molecule has 1 aromatic rings. The number of hydrogen-bond acceptors (Lipinski definition) is 4. The number of amides is 1. The van der Waals surface area contributed by atoms with Gasteiger partial charge in [0.25, 0.3) is 0 Å². The summed E-state index contributed by atoms with van der Waals surface area (Å²) < 4.78 is 0. The Morgan fingerprint density at radius 2 is 2.11 bits per heavy atom. The van der Waals surface area contributed by atoms with Gasteiger partial charge in [0.2, 0.25) is 5.91 Å². The molecule has 102 valence electrons. The number of nitriles is 1. The van der Waals surface area contributed by atoms with E-state index in [9.17, 15) is 4.79 Å². The minimum absolute atomic E-state index is 0.00721. The number of nitrogen functional groups attached to an aromatic ring is 1. The van der Waals surface area contributed by atoms with Gasteiger partial charge >= 0.3 is 0 Å². The molecule has 5 heteroatoms. The van der Waals surface area contributed by atoms with Crippen molar-refractivity contribution in [3.05, 3.63) is 23.8 Å². The van der Waals surface area contributed by atoms with Crippen LogP contribution in [0.15, 0.2) is 18.2 Å². The van der Waals surface area contributed by atoms with E-state index in [0.717, 1.165) is 5.69 Å². The van der Waals surface area contributed by atoms with Gasteiger partial charge in [0.1, 0.15) is 0 Å². The largest absolute Gasteiger partial charge is 0.397 e. The van der Waals surface area contributed by atoms with E-state index >= 15 is 0 Å². The average Bonchev–Trinajstić information content (AvgIpc) is 2.28. The molecule has 0 saturated heterocycles. The smallest absolute Gasteiger partial charge is 0.222 e. The van der Waals surface area contributed by atoms with Gasteiger partial charge in [0, 0.05) is 18.5 Å². The quantitative estimate of drug-likeness (QED) is 0.721. The van der Waals surface area contributed by atoms with E-state index in [2.05, 4.69) is 10.6 Å². The Bertz CT molecular complexity index is 497. The number of carbonyl (C=O) groups excluding carboxylic acids is 1. The van der Waals surface area contributed by atoms with E-state index < -0.39 is 0 Å². The SMILES string of the molecule is CC(C)(C)NC(=O)CCNc1ccc(C#N)cc1N. The van der Waals surface area contributed by atoms with Gasteiger partial charge in [0.05, 0.1) is 23.0 Å². The van der Waals surface area contributed by atoms with Crippen molar-refractivity contribution >= 4 is 17.3 Å².